The van der Waals surface area contributed by atoms with Gasteiger partial charge in [0.05, 0.1) is 12.0 Å². The Labute approximate surface area is 138 Å². The fraction of sp³-hybridized carbons (Fsp3) is 0.188. The van der Waals surface area contributed by atoms with Gasteiger partial charge in [-0.3, -0.25) is 14.9 Å². The molecule has 0 aromatic heterocycles. The number of nitrogens with zero attached hydrogens (tertiary/aromatic N) is 1. The molecule has 0 aliphatic heterocycles. The molecule has 0 spiro atoms. The van der Waals surface area contributed by atoms with Crippen molar-refractivity contribution >= 4 is 28.9 Å². The van der Waals surface area contributed by atoms with Gasteiger partial charge < -0.3 is 10.1 Å². The second-order valence-corrected chi connectivity index (χ2v) is 5.23. The number of nitrogens with one attached hydrogen (secondary N) is 1. The van der Waals surface area contributed by atoms with Crippen molar-refractivity contribution in [3.05, 3.63) is 63.2 Å². The fourth-order valence-corrected chi connectivity index (χ4v) is 2.19. The number of carbonyl (C=O) groups is 1. The van der Waals surface area contributed by atoms with Gasteiger partial charge in [-0.05, 0) is 36.2 Å². The predicted molar refractivity (Wildman–Crippen MR) is 88.1 cm³/mol. The standard InChI is InChI=1S/C16H15ClN2O4/c1-23-13-6-2-11(3-7-13)4-9-16(20)18-12-5-8-14(17)15(10-12)19(21)22/h2-3,5-8,10H,4,9H2,1H3,(H,18,20). The van der Waals surface area contributed by atoms with Gasteiger partial charge in [0.25, 0.3) is 5.69 Å². The average molecular weight is 335 g/mol. The molecular weight excluding hydrogens is 320 g/mol. The predicted octanol–water partition coefficient (Wildman–Crippen LogP) is 3.83. The van der Waals surface area contributed by atoms with Gasteiger partial charge >= 0.3 is 0 Å². The molecule has 0 radical (unpaired) electrons. The number of amides is 1. The molecule has 0 bridgehead atoms. The smallest absolute Gasteiger partial charge is 0.289 e. The third-order valence-electron chi connectivity index (χ3n) is 3.23. The fourth-order valence-electron chi connectivity index (χ4n) is 2.00. The van der Waals surface area contributed by atoms with E-state index < -0.39 is 4.92 Å². The number of halogens is 1. The molecule has 6 nitrogen and oxygen atoms in total. The summed E-state index contributed by atoms with van der Waals surface area (Å²) in [6, 6.07) is 11.6. The number of rotatable bonds is 6. The minimum absolute atomic E-state index is 0.0335. The van der Waals surface area contributed by atoms with Gasteiger partial charge in [0.2, 0.25) is 5.91 Å². The van der Waals surface area contributed by atoms with E-state index in [0.717, 1.165) is 11.3 Å². The maximum Gasteiger partial charge on any atom is 0.289 e. The third-order valence-corrected chi connectivity index (χ3v) is 3.55. The van der Waals surface area contributed by atoms with E-state index in [4.69, 9.17) is 16.3 Å². The summed E-state index contributed by atoms with van der Waals surface area (Å²) in [6.07, 6.45) is 0.828. The highest BCUT2D eigenvalue weighted by Crippen LogP contribution is 2.27. The Balaban J connectivity index is 1.94. The molecule has 0 heterocycles. The highest BCUT2D eigenvalue weighted by molar-refractivity contribution is 6.32. The molecular formula is C16H15ClN2O4. The minimum Gasteiger partial charge on any atom is -0.497 e. The molecule has 0 unspecified atom stereocenters. The van der Waals surface area contributed by atoms with Crippen molar-refractivity contribution in [1.29, 1.82) is 0 Å². The van der Waals surface area contributed by atoms with E-state index in [-0.39, 0.29) is 23.0 Å². The van der Waals surface area contributed by atoms with Crippen LogP contribution >= 0.6 is 11.6 Å². The number of hydrogen-bond acceptors (Lipinski definition) is 4. The first-order valence-electron chi connectivity index (χ1n) is 6.86. The Kier molecular flexibility index (Phi) is 5.54. The molecule has 2 aromatic rings. The number of nitro groups is 1. The second-order valence-electron chi connectivity index (χ2n) is 4.82. The van der Waals surface area contributed by atoms with Crippen LogP contribution in [0.15, 0.2) is 42.5 Å². The Bertz CT molecular complexity index is 717. The Morgan fingerprint density at radius 1 is 1.26 bits per heavy atom. The van der Waals surface area contributed by atoms with E-state index in [1.54, 1.807) is 7.11 Å². The summed E-state index contributed by atoms with van der Waals surface area (Å²) < 4.78 is 5.07. The van der Waals surface area contributed by atoms with Gasteiger partial charge in [-0.25, -0.2) is 0 Å². The van der Waals surface area contributed by atoms with Crippen LogP contribution in [0.25, 0.3) is 0 Å². The minimum atomic E-state index is -0.588. The number of methoxy groups -OCH3 is 1. The lowest BCUT2D eigenvalue weighted by Gasteiger charge is -2.06. The molecule has 0 aliphatic rings. The van der Waals surface area contributed by atoms with Crippen LogP contribution in [-0.2, 0) is 11.2 Å². The molecule has 7 heteroatoms. The number of hydrogen-bond donors (Lipinski definition) is 1. The number of anilines is 1. The number of benzene rings is 2. The highest BCUT2D eigenvalue weighted by atomic mass is 35.5. The molecule has 23 heavy (non-hydrogen) atoms. The summed E-state index contributed by atoms with van der Waals surface area (Å²) >= 11 is 5.73. The number of nitro benzene ring substituents is 1. The van der Waals surface area contributed by atoms with Crippen LogP contribution < -0.4 is 10.1 Å². The Hall–Kier alpha value is -2.60. The van der Waals surface area contributed by atoms with E-state index in [2.05, 4.69) is 5.32 Å². The van der Waals surface area contributed by atoms with Crippen LogP contribution in [0.4, 0.5) is 11.4 Å². The molecule has 0 fully saturated rings. The first kappa shape index (κ1) is 16.8. The van der Waals surface area contributed by atoms with E-state index in [1.165, 1.54) is 18.2 Å². The monoisotopic (exact) mass is 334 g/mol. The maximum absolute atomic E-state index is 11.9. The van der Waals surface area contributed by atoms with E-state index in [1.807, 2.05) is 24.3 Å². The molecule has 2 rings (SSSR count). The molecule has 0 aliphatic carbocycles. The molecule has 1 amide bonds. The average Bonchev–Trinajstić information content (AvgIpc) is 2.55. The van der Waals surface area contributed by atoms with Crippen LogP contribution in [0.5, 0.6) is 5.75 Å². The first-order chi connectivity index (χ1) is 11.0. The summed E-state index contributed by atoms with van der Waals surface area (Å²) in [5.74, 6) is 0.532. The maximum atomic E-state index is 11.9. The van der Waals surface area contributed by atoms with E-state index in [9.17, 15) is 14.9 Å². The zero-order chi connectivity index (χ0) is 16.8. The molecule has 0 atom stereocenters. The number of aryl methyl sites for hydroxylation is 1. The van der Waals surface area contributed by atoms with Crippen LogP contribution in [0.1, 0.15) is 12.0 Å². The van der Waals surface area contributed by atoms with Gasteiger partial charge in [-0.1, -0.05) is 23.7 Å². The molecule has 120 valence electrons. The van der Waals surface area contributed by atoms with Gasteiger partial charge in [0.15, 0.2) is 0 Å². The van der Waals surface area contributed by atoms with Crippen molar-refractivity contribution in [1.82, 2.24) is 0 Å². The summed E-state index contributed by atoms with van der Waals surface area (Å²) in [7, 11) is 1.59. The lowest BCUT2D eigenvalue weighted by atomic mass is 10.1. The zero-order valence-corrected chi connectivity index (χ0v) is 13.2. The third kappa shape index (κ3) is 4.69. The van der Waals surface area contributed by atoms with E-state index >= 15 is 0 Å². The SMILES string of the molecule is COc1ccc(CCC(=O)Nc2ccc(Cl)c([N+](=O)[O-])c2)cc1. The van der Waals surface area contributed by atoms with Crippen molar-refractivity contribution in [2.24, 2.45) is 0 Å². The van der Waals surface area contributed by atoms with Crippen LogP contribution in [0, 0.1) is 10.1 Å². The van der Waals surface area contributed by atoms with Crippen molar-refractivity contribution in [2.45, 2.75) is 12.8 Å². The zero-order valence-electron chi connectivity index (χ0n) is 12.4. The van der Waals surface area contributed by atoms with E-state index in [0.29, 0.717) is 12.1 Å². The highest BCUT2D eigenvalue weighted by Gasteiger charge is 2.13. The van der Waals surface area contributed by atoms with Crippen molar-refractivity contribution in [3.63, 3.8) is 0 Å². The largest absolute Gasteiger partial charge is 0.497 e. The lowest BCUT2D eigenvalue weighted by Crippen LogP contribution is -2.12. The number of carbonyl (C=O) groups excluding carboxylic acids is 1. The van der Waals surface area contributed by atoms with Gasteiger partial charge in [0.1, 0.15) is 10.8 Å². The van der Waals surface area contributed by atoms with Gasteiger partial charge in [-0.15, -0.1) is 0 Å². The van der Waals surface area contributed by atoms with Crippen LogP contribution in [0.3, 0.4) is 0 Å². The molecule has 2 aromatic carbocycles. The molecule has 1 N–H and O–H groups in total. The van der Waals surface area contributed by atoms with Crippen molar-refractivity contribution < 1.29 is 14.5 Å². The first-order valence-corrected chi connectivity index (χ1v) is 7.24. The summed E-state index contributed by atoms with van der Waals surface area (Å²) in [4.78, 5) is 22.2. The topological polar surface area (TPSA) is 81.5 Å². The Morgan fingerprint density at radius 3 is 2.57 bits per heavy atom. The summed E-state index contributed by atoms with van der Waals surface area (Å²) in [6.45, 7) is 0. The summed E-state index contributed by atoms with van der Waals surface area (Å²) in [5.41, 5.74) is 1.11. The molecule has 0 saturated heterocycles. The van der Waals surface area contributed by atoms with Crippen molar-refractivity contribution in [2.75, 3.05) is 12.4 Å². The van der Waals surface area contributed by atoms with Crippen LogP contribution in [0.2, 0.25) is 5.02 Å². The lowest BCUT2D eigenvalue weighted by molar-refractivity contribution is -0.384. The van der Waals surface area contributed by atoms with Gasteiger partial charge in [0, 0.05) is 18.2 Å². The summed E-state index contributed by atoms with van der Waals surface area (Å²) in [5, 5.41) is 13.5. The van der Waals surface area contributed by atoms with Crippen LogP contribution in [-0.4, -0.2) is 17.9 Å². The Morgan fingerprint density at radius 2 is 1.96 bits per heavy atom. The normalized spacial score (nSPS) is 10.2. The van der Waals surface area contributed by atoms with Gasteiger partial charge in [-0.2, -0.15) is 0 Å². The second kappa shape index (κ2) is 7.60. The quantitative estimate of drug-likeness (QED) is 0.643. The molecule has 0 saturated carbocycles. The number of ether oxygens (including phenoxy) is 1. The van der Waals surface area contributed by atoms with Crippen molar-refractivity contribution in [3.8, 4) is 5.75 Å².